The van der Waals surface area contributed by atoms with Crippen LogP contribution < -0.4 is 14.8 Å². The van der Waals surface area contributed by atoms with Crippen LogP contribution in [0, 0.1) is 0 Å². The van der Waals surface area contributed by atoms with Gasteiger partial charge in [-0.15, -0.1) is 23.1 Å². The molecule has 1 aliphatic heterocycles. The van der Waals surface area contributed by atoms with Crippen LogP contribution in [0.15, 0.2) is 41.9 Å². The first-order chi connectivity index (χ1) is 13.2. The lowest BCUT2D eigenvalue weighted by atomic mass is 10.0. The highest BCUT2D eigenvalue weighted by atomic mass is 32.2. The number of anilines is 1. The van der Waals surface area contributed by atoms with E-state index in [4.69, 9.17) is 9.47 Å². The molecule has 0 radical (unpaired) electrons. The van der Waals surface area contributed by atoms with Gasteiger partial charge in [0.2, 0.25) is 5.91 Å². The third-order valence-electron chi connectivity index (χ3n) is 4.40. The number of nitrogens with zero attached hydrogens (tertiary/aromatic N) is 2. The van der Waals surface area contributed by atoms with Crippen LogP contribution in [0.3, 0.4) is 0 Å². The van der Waals surface area contributed by atoms with Crippen LogP contribution in [0.5, 0.6) is 11.5 Å². The molecule has 140 valence electrons. The van der Waals surface area contributed by atoms with Gasteiger partial charge in [0.15, 0.2) is 0 Å². The number of fused-ring (bicyclic) bond motifs is 1. The first-order valence-corrected chi connectivity index (χ1v) is 10.3. The van der Waals surface area contributed by atoms with Crippen LogP contribution in [0.2, 0.25) is 0 Å². The molecular weight excluding hydrogens is 382 g/mol. The van der Waals surface area contributed by atoms with E-state index in [0.717, 1.165) is 28.4 Å². The molecule has 3 aromatic rings. The summed E-state index contributed by atoms with van der Waals surface area (Å²) in [5.74, 6) is 2.56. The minimum atomic E-state index is -0.0584. The highest BCUT2D eigenvalue weighted by Crippen LogP contribution is 2.45. The molecule has 3 heterocycles. The Balaban J connectivity index is 1.76. The number of carbonyl (C=O) groups excluding carboxylic acids is 1. The van der Waals surface area contributed by atoms with E-state index in [9.17, 15) is 4.79 Å². The molecule has 0 fully saturated rings. The number of hydrogen-bond donors (Lipinski definition) is 1. The van der Waals surface area contributed by atoms with E-state index in [0.29, 0.717) is 12.3 Å². The summed E-state index contributed by atoms with van der Waals surface area (Å²) in [7, 11) is 3.27. The number of ether oxygens (including phenoxy) is 2. The van der Waals surface area contributed by atoms with E-state index in [2.05, 4.69) is 16.5 Å². The summed E-state index contributed by atoms with van der Waals surface area (Å²) < 4.78 is 12.8. The van der Waals surface area contributed by atoms with Crippen LogP contribution in [0.1, 0.15) is 21.3 Å². The molecule has 1 amide bonds. The van der Waals surface area contributed by atoms with Crippen molar-refractivity contribution in [2.24, 2.45) is 0 Å². The number of hydrogen-bond acceptors (Lipinski definition) is 6. The molecule has 0 saturated heterocycles. The van der Waals surface area contributed by atoms with Gasteiger partial charge in [-0.3, -0.25) is 4.79 Å². The Hall–Kier alpha value is -2.45. The smallest absolute Gasteiger partial charge is 0.235 e. The van der Waals surface area contributed by atoms with Gasteiger partial charge in [0.25, 0.3) is 0 Å². The zero-order chi connectivity index (χ0) is 18.8. The van der Waals surface area contributed by atoms with Crippen molar-refractivity contribution in [2.75, 3.05) is 25.3 Å². The number of amides is 1. The van der Waals surface area contributed by atoms with Crippen LogP contribution in [-0.4, -0.2) is 35.7 Å². The Morgan fingerprint density at radius 1 is 1.26 bits per heavy atom. The second kappa shape index (κ2) is 7.66. The average molecular weight is 402 g/mol. The van der Waals surface area contributed by atoms with Crippen LogP contribution in [0.25, 0.3) is 0 Å². The maximum Gasteiger partial charge on any atom is 0.235 e. The molecule has 27 heavy (non-hydrogen) atoms. The molecule has 1 aliphatic rings. The van der Waals surface area contributed by atoms with Crippen molar-refractivity contribution in [3.63, 3.8) is 0 Å². The number of benzene rings is 1. The van der Waals surface area contributed by atoms with E-state index in [-0.39, 0.29) is 11.2 Å². The Bertz CT molecular complexity index is 953. The van der Waals surface area contributed by atoms with Crippen molar-refractivity contribution < 1.29 is 14.3 Å². The first kappa shape index (κ1) is 17.9. The third kappa shape index (κ3) is 3.54. The maximum atomic E-state index is 12.3. The summed E-state index contributed by atoms with van der Waals surface area (Å²) >= 11 is 3.24. The second-order valence-corrected chi connectivity index (χ2v) is 8.16. The summed E-state index contributed by atoms with van der Waals surface area (Å²) in [6, 6.07) is 9.85. The summed E-state index contributed by atoms with van der Waals surface area (Å²) in [6.07, 6.45) is 1.84. The van der Waals surface area contributed by atoms with Gasteiger partial charge < -0.3 is 14.8 Å². The van der Waals surface area contributed by atoms with Crippen LogP contribution in [-0.2, 0) is 11.3 Å². The normalized spacial score (nSPS) is 16.4. The van der Waals surface area contributed by atoms with Gasteiger partial charge >= 0.3 is 0 Å². The fourth-order valence-electron chi connectivity index (χ4n) is 3.11. The summed E-state index contributed by atoms with van der Waals surface area (Å²) in [6.45, 7) is 0.629. The SMILES string of the molecule is COc1ccc(C2SCC(=O)Nc3c2cnn3Cc2cccs2)c(OC)c1. The Kier molecular flexibility index (Phi) is 5.09. The summed E-state index contributed by atoms with van der Waals surface area (Å²) in [4.78, 5) is 13.5. The first-order valence-electron chi connectivity index (χ1n) is 8.41. The molecule has 6 nitrogen and oxygen atoms in total. The van der Waals surface area contributed by atoms with Crippen LogP contribution in [0.4, 0.5) is 5.82 Å². The number of thioether (sulfide) groups is 1. The van der Waals surface area contributed by atoms with Gasteiger partial charge in [-0.05, 0) is 17.5 Å². The molecule has 0 bridgehead atoms. The lowest BCUT2D eigenvalue weighted by Crippen LogP contribution is -2.16. The van der Waals surface area contributed by atoms with E-state index in [1.54, 1.807) is 37.3 Å². The van der Waals surface area contributed by atoms with Crippen molar-refractivity contribution >= 4 is 34.8 Å². The molecule has 8 heteroatoms. The fraction of sp³-hybridized carbons (Fsp3) is 0.263. The van der Waals surface area contributed by atoms with Gasteiger partial charge in [0, 0.05) is 22.1 Å². The van der Waals surface area contributed by atoms with Gasteiger partial charge in [0.05, 0.1) is 38.0 Å². The standard InChI is InChI=1S/C19H19N3O3S2/c1-24-12-5-6-14(16(8-12)25-2)18-15-9-20-22(10-13-4-3-7-26-13)19(15)21-17(23)11-27-18/h3-9,18H,10-11H2,1-2H3,(H,21,23). The summed E-state index contributed by atoms with van der Waals surface area (Å²) in [5.41, 5.74) is 1.97. The Morgan fingerprint density at radius 3 is 2.89 bits per heavy atom. The monoisotopic (exact) mass is 401 g/mol. The number of nitrogens with one attached hydrogen (secondary N) is 1. The van der Waals surface area contributed by atoms with Crippen molar-refractivity contribution in [2.45, 2.75) is 11.8 Å². The van der Waals surface area contributed by atoms with Crippen molar-refractivity contribution in [1.29, 1.82) is 0 Å². The average Bonchev–Trinajstić information content (AvgIpc) is 3.30. The number of rotatable bonds is 5. The minimum Gasteiger partial charge on any atom is -0.497 e. The molecule has 1 atom stereocenters. The molecule has 0 saturated carbocycles. The van der Waals surface area contributed by atoms with E-state index in [1.165, 1.54) is 4.88 Å². The molecule has 4 rings (SSSR count). The Labute approximate surface area is 165 Å². The van der Waals surface area contributed by atoms with E-state index in [1.807, 2.05) is 40.5 Å². The second-order valence-electron chi connectivity index (χ2n) is 6.03. The number of aromatic nitrogens is 2. The molecule has 2 aromatic heterocycles. The van der Waals surface area contributed by atoms with Crippen LogP contribution >= 0.6 is 23.1 Å². The van der Waals surface area contributed by atoms with Gasteiger partial charge in [0.1, 0.15) is 17.3 Å². The number of carbonyl (C=O) groups is 1. The Morgan fingerprint density at radius 2 is 2.15 bits per heavy atom. The van der Waals surface area contributed by atoms with E-state index < -0.39 is 0 Å². The quantitative estimate of drug-likeness (QED) is 0.705. The largest absolute Gasteiger partial charge is 0.497 e. The molecule has 1 aromatic carbocycles. The van der Waals surface area contributed by atoms with E-state index >= 15 is 0 Å². The zero-order valence-corrected chi connectivity index (χ0v) is 16.6. The molecule has 1 unspecified atom stereocenters. The molecule has 1 N–H and O–H groups in total. The molecule has 0 spiro atoms. The predicted octanol–water partition coefficient (Wildman–Crippen LogP) is 3.78. The topological polar surface area (TPSA) is 65.4 Å². The van der Waals surface area contributed by atoms with Crippen molar-refractivity contribution in [3.8, 4) is 11.5 Å². The van der Waals surface area contributed by atoms with Gasteiger partial charge in [-0.25, -0.2) is 4.68 Å². The highest BCUT2D eigenvalue weighted by Gasteiger charge is 2.29. The lowest BCUT2D eigenvalue weighted by Gasteiger charge is -2.18. The van der Waals surface area contributed by atoms with Crippen molar-refractivity contribution in [1.82, 2.24) is 9.78 Å². The predicted molar refractivity (Wildman–Crippen MR) is 108 cm³/mol. The maximum absolute atomic E-state index is 12.3. The van der Waals surface area contributed by atoms with Gasteiger partial charge in [-0.1, -0.05) is 12.1 Å². The zero-order valence-electron chi connectivity index (χ0n) is 15.0. The van der Waals surface area contributed by atoms with Gasteiger partial charge in [-0.2, -0.15) is 5.10 Å². The molecule has 0 aliphatic carbocycles. The summed E-state index contributed by atoms with van der Waals surface area (Å²) in [5, 5.41) is 9.55. The number of methoxy groups -OCH3 is 2. The van der Waals surface area contributed by atoms with Crippen molar-refractivity contribution in [3.05, 3.63) is 57.9 Å². The highest BCUT2D eigenvalue weighted by molar-refractivity contribution is 8.00. The third-order valence-corrected chi connectivity index (χ3v) is 6.53. The lowest BCUT2D eigenvalue weighted by molar-refractivity contribution is -0.113. The minimum absolute atomic E-state index is 0.0239. The molecular formula is C19H19N3O3S2. The number of thiophene rings is 1. The fourth-order valence-corrected chi connectivity index (χ4v) is 4.91.